The van der Waals surface area contributed by atoms with Gasteiger partial charge in [-0.1, -0.05) is 18.6 Å². The van der Waals surface area contributed by atoms with Crippen LogP contribution in [0.5, 0.6) is 5.75 Å². The van der Waals surface area contributed by atoms with Gasteiger partial charge in [-0.2, -0.15) is 17.0 Å². The summed E-state index contributed by atoms with van der Waals surface area (Å²) in [7, 11) is 1.10. The Morgan fingerprint density at radius 3 is 2.78 bits per heavy atom. The van der Waals surface area contributed by atoms with E-state index >= 15 is 0 Å². The molecule has 0 saturated carbocycles. The molecule has 1 aliphatic heterocycles. The van der Waals surface area contributed by atoms with E-state index in [9.17, 15) is 8.42 Å². The van der Waals surface area contributed by atoms with E-state index in [1.54, 1.807) is 13.3 Å². The van der Waals surface area contributed by atoms with Crippen molar-refractivity contribution in [2.45, 2.75) is 25.3 Å². The van der Waals surface area contributed by atoms with Crippen molar-refractivity contribution in [2.24, 2.45) is 0 Å². The van der Waals surface area contributed by atoms with Crippen molar-refractivity contribution in [3.05, 3.63) is 36.2 Å². The fourth-order valence-corrected chi connectivity index (χ4v) is 4.65. The zero-order valence-corrected chi connectivity index (χ0v) is 16.6. The van der Waals surface area contributed by atoms with Crippen molar-refractivity contribution >= 4 is 16.2 Å². The van der Waals surface area contributed by atoms with E-state index in [1.807, 2.05) is 24.3 Å². The van der Waals surface area contributed by atoms with Gasteiger partial charge in [-0.25, -0.2) is 9.97 Å². The van der Waals surface area contributed by atoms with Gasteiger partial charge in [-0.15, -0.1) is 0 Å². The summed E-state index contributed by atoms with van der Waals surface area (Å²) in [5.41, 5.74) is 8.10. The minimum absolute atomic E-state index is 0.129. The number of rotatable bonds is 5. The molecular formula is C18H25N5O3S. The number of benzene rings is 1. The Morgan fingerprint density at radius 1 is 1.30 bits per heavy atom. The molecule has 1 saturated heterocycles. The van der Waals surface area contributed by atoms with Gasteiger partial charge in [-0.05, 0) is 30.5 Å². The average molecular weight is 391 g/mol. The number of hydrogen-bond acceptors (Lipinski definition) is 6. The van der Waals surface area contributed by atoms with E-state index in [0.29, 0.717) is 24.4 Å². The Kier molecular flexibility index (Phi) is 5.64. The second kappa shape index (κ2) is 7.79. The van der Waals surface area contributed by atoms with Crippen LogP contribution in [-0.4, -0.2) is 54.7 Å². The highest BCUT2D eigenvalue weighted by Crippen LogP contribution is 2.38. The van der Waals surface area contributed by atoms with Crippen LogP contribution in [0.25, 0.3) is 11.1 Å². The molecule has 0 aliphatic carbocycles. The molecule has 1 fully saturated rings. The van der Waals surface area contributed by atoms with Crippen LogP contribution in [0.4, 0.5) is 5.95 Å². The molecule has 1 unspecified atom stereocenters. The molecule has 0 radical (unpaired) electrons. The third-order valence-corrected chi connectivity index (χ3v) is 6.70. The van der Waals surface area contributed by atoms with Crippen LogP contribution >= 0.6 is 0 Å². The number of nitrogens with two attached hydrogens (primary N) is 1. The first kappa shape index (κ1) is 19.5. The molecule has 9 heteroatoms. The molecule has 146 valence electrons. The van der Waals surface area contributed by atoms with E-state index in [4.69, 9.17) is 10.5 Å². The quantitative estimate of drug-likeness (QED) is 0.837. The SMILES string of the molecule is COc1cccc(-c2cnc(N)nc2C2CCCCN2S(=O)(=O)N(C)C)c1. The molecule has 2 N–H and O–H groups in total. The maximum absolute atomic E-state index is 12.9. The van der Waals surface area contributed by atoms with Gasteiger partial charge in [0.2, 0.25) is 5.95 Å². The van der Waals surface area contributed by atoms with Crippen LogP contribution in [0, 0.1) is 0 Å². The topological polar surface area (TPSA) is 102 Å². The summed E-state index contributed by atoms with van der Waals surface area (Å²) in [5, 5.41) is 0. The van der Waals surface area contributed by atoms with Gasteiger partial charge in [-0.3, -0.25) is 0 Å². The van der Waals surface area contributed by atoms with Crippen LogP contribution in [0.2, 0.25) is 0 Å². The summed E-state index contributed by atoms with van der Waals surface area (Å²) in [6.07, 6.45) is 4.08. The molecule has 1 aromatic carbocycles. The van der Waals surface area contributed by atoms with Crippen LogP contribution in [-0.2, 0) is 10.2 Å². The normalized spacial score (nSPS) is 18.6. The molecule has 8 nitrogen and oxygen atoms in total. The summed E-state index contributed by atoms with van der Waals surface area (Å²) in [6, 6.07) is 7.15. The van der Waals surface area contributed by atoms with Gasteiger partial charge in [0.05, 0.1) is 18.8 Å². The first-order valence-electron chi connectivity index (χ1n) is 8.80. The smallest absolute Gasteiger partial charge is 0.282 e. The van der Waals surface area contributed by atoms with Crippen molar-refractivity contribution in [3.8, 4) is 16.9 Å². The van der Waals surface area contributed by atoms with Gasteiger partial charge >= 0.3 is 0 Å². The van der Waals surface area contributed by atoms with Crippen molar-refractivity contribution < 1.29 is 13.2 Å². The third-order valence-electron chi connectivity index (χ3n) is 4.74. The van der Waals surface area contributed by atoms with Crippen LogP contribution in [0.15, 0.2) is 30.5 Å². The van der Waals surface area contributed by atoms with Gasteiger partial charge in [0.15, 0.2) is 0 Å². The molecule has 1 aromatic heterocycles. The monoisotopic (exact) mass is 391 g/mol. The number of anilines is 1. The highest BCUT2D eigenvalue weighted by molar-refractivity contribution is 7.86. The highest BCUT2D eigenvalue weighted by Gasteiger charge is 2.37. The van der Waals surface area contributed by atoms with Gasteiger partial charge in [0.25, 0.3) is 10.2 Å². The number of nitrogen functional groups attached to an aromatic ring is 1. The summed E-state index contributed by atoms with van der Waals surface area (Å²) >= 11 is 0. The fraction of sp³-hybridized carbons (Fsp3) is 0.444. The van der Waals surface area contributed by atoms with E-state index in [2.05, 4.69) is 9.97 Å². The van der Waals surface area contributed by atoms with E-state index in [-0.39, 0.29) is 5.95 Å². The molecular weight excluding hydrogens is 366 g/mol. The first-order valence-corrected chi connectivity index (χ1v) is 10.2. The molecule has 1 atom stereocenters. The summed E-state index contributed by atoms with van der Waals surface area (Å²) < 4.78 is 33.8. The number of piperidine rings is 1. The molecule has 2 heterocycles. The minimum atomic E-state index is -3.58. The van der Waals surface area contributed by atoms with E-state index in [0.717, 1.165) is 24.0 Å². The number of ether oxygens (including phenoxy) is 1. The Morgan fingerprint density at radius 2 is 2.07 bits per heavy atom. The summed E-state index contributed by atoms with van der Waals surface area (Å²) in [6.45, 7) is 0.451. The number of aromatic nitrogens is 2. The molecule has 0 bridgehead atoms. The van der Waals surface area contributed by atoms with Crippen LogP contribution in [0.3, 0.4) is 0 Å². The van der Waals surface area contributed by atoms with Crippen molar-refractivity contribution in [2.75, 3.05) is 33.5 Å². The van der Waals surface area contributed by atoms with Gasteiger partial charge in [0, 0.05) is 32.4 Å². The van der Waals surface area contributed by atoms with Crippen molar-refractivity contribution in [1.82, 2.24) is 18.6 Å². The third kappa shape index (κ3) is 3.90. The van der Waals surface area contributed by atoms with Gasteiger partial charge < -0.3 is 10.5 Å². The summed E-state index contributed by atoms with van der Waals surface area (Å²) in [4.78, 5) is 8.59. The number of nitrogens with zero attached hydrogens (tertiary/aromatic N) is 4. The number of hydrogen-bond donors (Lipinski definition) is 1. The Balaban J connectivity index is 2.13. The fourth-order valence-electron chi connectivity index (χ4n) is 3.34. The van der Waals surface area contributed by atoms with Crippen LogP contribution in [0.1, 0.15) is 31.0 Å². The Labute approximate surface area is 160 Å². The van der Waals surface area contributed by atoms with Crippen LogP contribution < -0.4 is 10.5 Å². The van der Waals surface area contributed by atoms with Gasteiger partial charge in [0.1, 0.15) is 5.75 Å². The predicted molar refractivity (Wildman–Crippen MR) is 104 cm³/mol. The standard InChI is InChI=1S/C18H25N5O3S/c1-22(2)27(24,25)23-10-5-4-9-16(23)17-15(12-20-18(19)21-17)13-7-6-8-14(11-13)26-3/h6-8,11-12,16H,4-5,9-10H2,1-3H3,(H2,19,20,21). The lowest BCUT2D eigenvalue weighted by Crippen LogP contribution is -2.45. The van der Waals surface area contributed by atoms with E-state index in [1.165, 1.54) is 22.7 Å². The molecule has 3 rings (SSSR count). The van der Waals surface area contributed by atoms with Crippen molar-refractivity contribution in [3.63, 3.8) is 0 Å². The predicted octanol–water partition coefficient (Wildman–Crippen LogP) is 2.07. The van der Waals surface area contributed by atoms with E-state index < -0.39 is 16.3 Å². The summed E-state index contributed by atoms with van der Waals surface area (Å²) in [5.74, 6) is 0.834. The average Bonchev–Trinajstić information content (AvgIpc) is 2.67. The lowest BCUT2D eigenvalue weighted by atomic mass is 9.95. The molecule has 27 heavy (non-hydrogen) atoms. The lowest BCUT2D eigenvalue weighted by molar-refractivity contribution is 0.239. The zero-order valence-electron chi connectivity index (χ0n) is 15.8. The Hall–Kier alpha value is -2.23. The van der Waals surface area contributed by atoms with Crippen molar-refractivity contribution in [1.29, 1.82) is 0 Å². The molecule has 0 spiro atoms. The largest absolute Gasteiger partial charge is 0.497 e. The molecule has 0 amide bonds. The second-order valence-corrected chi connectivity index (χ2v) is 8.77. The first-order chi connectivity index (χ1) is 12.8. The molecule has 2 aromatic rings. The maximum Gasteiger partial charge on any atom is 0.282 e. The Bertz CT molecular complexity index is 917. The minimum Gasteiger partial charge on any atom is -0.497 e. The highest BCUT2D eigenvalue weighted by atomic mass is 32.2. The molecule has 1 aliphatic rings. The zero-order chi connectivity index (χ0) is 19.6. The number of methoxy groups -OCH3 is 1. The lowest BCUT2D eigenvalue weighted by Gasteiger charge is -2.36. The maximum atomic E-state index is 12.9. The second-order valence-electron chi connectivity index (χ2n) is 6.67.